The fraction of sp³-hybridized carbons (Fsp3) is 0.0435. The van der Waals surface area contributed by atoms with E-state index in [2.05, 4.69) is 4.99 Å². The number of rotatable bonds is 3. The molecule has 0 aliphatic rings. The SMILES string of the molecule is COC(=O)c1ccc([NH+]=c2cc(-c3ccccc3)oc3ccc(Cl)cc23)cc1.F[B-](F)(F)F. The zero-order valence-electron chi connectivity index (χ0n) is 17.2. The summed E-state index contributed by atoms with van der Waals surface area (Å²) in [6.07, 6.45) is 0. The first-order chi connectivity index (χ1) is 15.6. The minimum Gasteiger partial charge on any atom is -0.465 e. The number of ether oxygens (including phenoxy) is 1. The van der Waals surface area contributed by atoms with Gasteiger partial charge in [-0.05, 0) is 30.3 Å². The minimum absolute atomic E-state index is 0.367. The summed E-state index contributed by atoms with van der Waals surface area (Å²) in [7, 11) is -4.64. The van der Waals surface area contributed by atoms with Crippen molar-refractivity contribution >= 4 is 41.5 Å². The minimum atomic E-state index is -6.00. The maximum absolute atomic E-state index is 11.6. The number of fused-ring (bicyclic) bond motifs is 1. The normalized spacial score (nSPS) is 11.6. The molecule has 1 heterocycles. The van der Waals surface area contributed by atoms with Gasteiger partial charge in [-0.3, -0.25) is 0 Å². The molecule has 170 valence electrons. The van der Waals surface area contributed by atoms with Gasteiger partial charge in [0.25, 0.3) is 0 Å². The van der Waals surface area contributed by atoms with Crippen molar-refractivity contribution in [3.63, 3.8) is 0 Å². The molecule has 3 aromatic carbocycles. The molecular formula is C23H17BClF4NO3. The van der Waals surface area contributed by atoms with Crippen LogP contribution in [0.1, 0.15) is 10.4 Å². The number of halogens is 5. The fourth-order valence-electron chi connectivity index (χ4n) is 2.97. The van der Waals surface area contributed by atoms with Crippen LogP contribution in [0.15, 0.2) is 83.3 Å². The molecule has 0 bridgehead atoms. The van der Waals surface area contributed by atoms with Gasteiger partial charge >= 0.3 is 13.2 Å². The number of hydrogen-bond donors (Lipinski definition) is 1. The van der Waals surface area contributed by atoms with Crippen LogP contribution in [0.4, 0.5) is 23.0 Å². The summed E-state index contributed by atoms with van der Waals surface area (Å²) in [6, 6.07) is 24.4. The molecule has 0 unspecified atom stereocenters. The molecule has 0 spiro atoms. The number of methoxy groups -OCH3 is 1. The standard InChI is InChI=1S/C23H16ClNO3.BF4/c1-27-23(26)16-7-10-18(11-8-16)25-20-14-22(15-5-3-2-4-6-15)28-21-12-9-17(24)13-19(20)21;2-1(3,4)5/h2-14H,1H3;/q;-1/p+1. The van der Waals surface area contributed by atoms with Crippen LogP contribution in [0, 0.1) is 0 Å². The number of benzene rings is 3. The maximum Gasteiger partial charge on any atom is 0.673 e. The Morgan fingerprint density at radius 2 is 1.58 bits per heavy atom. The lowest BCUT2D eigenvalue weighted by Gasteiger charge is -2.03. The lowest BCUT2D eigenvalue weighted by Crippen LogP contribution is -2.70. The Bertz CT molecular complexity index is 1320. The highest BCUT2D eigenvalue weighted by atomic mass is 35.5. The van der Waals surface area contributed by atoms with Crippen LogP contribution in [-0.2, 0) is 4.74 Å². The third kappa shape index (κ3) is 6.95. The van der Waals surface area contributed by atoms with Crippen molar-refractivity contribution in [2.24, 2.45) is 0 Å². The van der Waals surface area contributed by atoms with Crippen molar-refractivity contribution < 1.29 is 36.2 Å². The van der Waals surface area contributed by atoms with E-state index in [1.165, 1.54) is 7.11 Å². The summed E-state index contributed by atoms with van der Waals surface area (Å²) < 4.78 is 49.8. The molecule has 4 rings (SSSR count). The van der Waals surface area contributed by atoms with Crippen molar-refractivity contribution in [2.45, 2.75) is 0 Å². The molecule has 33 heavy (non-hydrogen) atoms. The first-order valence-electron chi connectivity index (χ1n) is 9.58. The predicted octanol–water partition coefficient (Wildman–Crippen LogP) is 5.15. The second-order valence-electron chi connectivity index (χ2n) is 6.72. The summed E-state index contributed by atoms with van der Waals surface area (Å²) in [5, 5.41) is 2.34. The molecular weight excluding hydrogens is 461 g/mol. The Labute approximate surface area is 191 Å². The van der Waals surface area contributed by atoms with Gasteiger partial charge in [-0.1, -0.05) is 41.9 Å². The van der Waals surface area contributed by atoms with E-state index in [-0.39, 0.29) is 5.97 Å². The monoisotopic (exact) mass is 477 g/mol. The molecule has 0 saturated heterocycles. The quantitative estimate of drug-likeness (QED) is 0.252. The molecule has 4 aromatic rings. The average molecular weight is 478 g/mol. The summed E-state index contributed by atoms with van der Waals surface area (Å²) in [6.45, 7) is 0. The molecule has 0 fully saturated rings. The molecule has 10 heteroatoms. The first kappa shape index (κ1) is 24.1. The Morgan fingerprint density at radius 1 is 0.939 bits per heavy atom. The topological polar surface area (TPSA) is 53.4 Å². The van der Waals surface area contributed by atoms with Crippen LogP contribution in [0.2, 0.25) is 5.02 Å². The number of hydrogen-bond acceptors (Lipinski definition) is 3. The van der Waals surface area contributed by atoms with Gasteiger partial charge < -0.3 is 26.4 Å². The van der Waals surface area contributed by atoms with Gasteiger partial charge in [0, 0.05) is 22.7 Å². The first-order valence-corrected chi connectivity index (χ1v) is 9.96. The molecule has 0 aliphatic carbocycles. The highest BCUT2D eigenvalue weighted by Crippen LogP contribution is 2.23. The predicted molar refractivity (Wildman–Crippen MR) is 118 cm³/mol. The summed E-state index contributed by atoms with van der Waals surface area (Å²) in [4.78, 5) is 15.0. The second kappa shape index (κ2) is 10.4. The summed E-state index contributed by atoms with van der Waals surface area (Å²) in [5.74, 6) is 0.373. The van der Waals surface area contributed by atoms with E-state index >= 15 is 0 Å². The number of esters is 1. The van der Waals surface area contributed by atoms with E-state index in [0.717, 1.165) is 33.3 Å². The third-order valence-electron chi connectivity index (χ3n) is 4.37. The number of carbonyl (C=O) groups is 1. The lowest BCUT2D eigenvalue weighted by molar-refractivity contribution is -0.400. The van der Waals surface area contributed by atoms with E-state index in [1.54, 1.807) is 18.2 Å². The lowest BCUT2D eigenvalue weighted by atomic mass is 10.1. The van der Waals surface area contributed by atoms with Crippen molar-refractivity contribution in [3.05, 3.63) is 94.8 Å². The molecule has 0 atom stereocenters. The van der Waals surface area contributed by atoms with Crippen LogP contribution >= 0.6 is 11.6 Å². The van der Waals surface area contributed by atoms with Crippen LogP contribution in [0.25, 0.3) is 22.3 Å². The largest absolute Gasteiger partial charge is 0.673 e. The fourth-order valence-corrected chi connectivity index (χ4v) is 3.14. The van der Waals surface area contributed by atoms with Gasteiger partial charge in [0.2, 0.25) is 11.0 Å². The Balaban J connectivity index is 0.000000555. The zero-order valence-corrected chi connectivity index (χ0v) is 18.0. The summed E-state index contributed by atoms with van der Waals surface area (Å²) in [5.41, 5.74) is 3.02. The number of carbonyl (C=O) groups excluding carboxylic acids is 1. The van der Waals surface area contributed by atoms with E-state index in [1.807, 2.05) is 60.7 Å². The Hall–Kier alpha value is -3.59. The van der Waals surface area contributed by atoms with Crippen LogP contribution in [0.3, 0.4) is 0 Å². The van der Waals surface area contributed by atoms with Gasteiger partial charge in [0.15, 0.2) is 0 Å². The zero-order chi connectivity index (χ0) is 24.0. The highest BCUT2D eigenvalue weighted by Gasteiger charge is 2.20. The van der Waals surface area contributed by atoms with Crippen molar-refractivity contribution in [1.29, 1.82) is 0 Å². The van der Waals surface area contributed by atoms with Gasteiger partial charge in [0.05, 0.1) is 24.1 Å². The molecule has 0 aliphatic heterocycles. The molecule has 1 aromatic heterocycles. The maximum atomic E-state index is 11.6. The van der Waals surface area contributed by atoms with Crippen LogP contribution in [-0.4, -0.2) is 20.3 Å². The Morgan fingerprint density at radius 3 is 2.18 bits per heavy atom. The highest BCUT2D eigenvalue weighted by molar-refractivity contribution is 6.50. The Kier molecular flexibility index (Phi) is 7.55. The van der Waals surface area contributed by atoms with Crippen molar-refractivity contribution in [3.8, 4) is 11.3 Å². The molecule has 4 nitrogen and oxygen atoms in total. The van der Waals surface area contributed by atoms with Crippen LogP contribution in [0.5, 0.6) is 0 Å². The van der Waals surface area contributed by atoms with Crippen LogP contribution < -0.4 is 10.3 Å². The van der Waals surface area contributed by atoms with Gasteiger partial charge in [-0.2, -0.15) is 0 Å². The van der Waals surface area contributed by atoms with E-state index < -0.39 is 7.25 Å². The molecule has 0 saturated carbocycles. The second-order valence-corrected chi connectivity index (χ2v) is 7.16. The molecule has 1 N–H and O–H groups in total. The van der Waals surface area contributed by atoms with Gasteiger partial charge in [-0.15, -0.1) is 0 Å². The summed E-state index contributed by atoms with van der Waals surface area (Å²) >= 11 is 6.20. The van der Waals surface area contributed by atoms with Crippen molar-refractivity contribution in [2.75, 3.05) is 7.11 Å². The third-order valence-corrected chi connectivity index (χ3v) is 4.61. The van der Waals surface area contributed by atoms with Gasteiger partial charge in [0.1, 0.15) is 11.3 Å². The molecule has 0 amide bonds. The van der Waals surface area contributed by atoms with E-state index in [0.29, 0.717) is 10.6 Å². The molecule has 0 radical (unpaired) electrons. The smallest absolute Gasteiger partial charge is 0.465 e. The van der Waals surface area contributed by atoms with Gasteiger partial charge in [-0.25, -0.2) is 9.79 Å². The van der Waals surface area contributed by atoms with E-state index in [4.69, 9.17) is 20.8 Å². The average Bonchev–Trinajstić information content (AvgIpc) is 2.78. The number of nitrogens with one attached hydrogen (secondary N) is 1. The van der Waals surface area contributed by atoms with E-state index in [9.17, 15) is 22.1 Å². The van der Waals surface area contributed by atoms with Crippen molar-refractivity contribution in [1.82, 2.24) is 0 Å².